The van der Waals surface area contributed by atoms with E-state index in [0.717, 1.165) is 12.8 Å². The van der Waals surface area contributed by atoms with E-state index >= 15 is 0 Å². The van der Waals surface area contributed by atoms with Crippen LogP contribution in [0.3, 0.4) is 0 Å². The largest absolute Gasteiger partial charge is 0.481 e. The molecule has 120 valence electrons. The molecule has 2 rings (SSSR count). The van der Waals surface area contributed by atoms with Gasteiger partial charge in [-0.15, -0.1) is 0 Å². The molecule has 0 radical (unpaired) electrons. The van der Waals surface area contributed by atoms with E-state index in [1.54, 1.807) is 12.0 Å². The van der Waals surface area contributed by atoms with Crippen molar-refractivity contribution in [1.29, 1.82) is 0 Å². The van der Waals surface area contributed by atoms with Gasteiger partial charge in [0.2, 0.25) is 5.91 Å². The zero-order valence-corrected chi connectivity index (χ0v) is 13.3. The molecular formula is C16H27NO4. The molecule has 0 bridgehead atoms. The van der Waals surface area contributed by atoms with E-state index in [-0.39, 0.29) is 24.5 Å². The lowest BCUT2D eigenvalue weighted by molar-refractivity contribution is -0.146. The molecule has 0 aromatic carbocycles. The summed E-state index contributed by atoms with van der Waals surface area (Å²) >= 11 is 0. The minimum atomic E-state index is -0.853. The molecule has 2 atom stereocenters. The van der Waals surface area contributed by atoms with Crippen LogP contribution in [0.4, 0.5) is 0 Å². The van der Waals surface area contributed by atoms with Crippen molar-refractivity contribution in [3.8, 4) is 0 Å². The van der Waals surface area contributed by atoms with Gasteiger partial charge in [-0.05, 0) is 25.2 Å². The van der Waals surface area contributed by atoms with Crippen LogP contribution in [0.25, 0.3) is 0 Å². The molecule has 2 aliphatic rings. The van der Waals surface area contributed by atoms with E-state index in [1.165, 1.54) is 12.8 Å². The van der Waals surface area contributed by atoms with Crippen LogP contribution < -0.4 is 0 Å². The van der Waals surface area contributed by atoms with E-state index in [4.69, 9.17) is 9.84 Å². The maximum Gasteiger partial charge on any atom is 0.305 e. The van der Waals surface area contributed by atoms with Gasteiger partial charge in [-0.25, -0.2) is 0 Å². The Morgan fingerprint density at radius 3 is 2.43 bits per heavy atom. The fourth-order valence-corrected chi connectivity index (χ4v) is 3.88. The Balaban J connectivity index is 2.12. The summed E-state index contributed by atoms with van der Waals surface area (Å²) in [7, 11) is 1.62. The predicted octanol–water partition coefficient (Wildman–Crippen LogP) is 2.29. The number of amides is 1. The van der Waals surface area contributed by atoms with Crippen LogP contribution in [0.15, 0.2) is 0 Å². The highest BCUT2D eigenvalue weighted by molar-refractivity contribution is 5.83. The quantitative estimate of drug-likeness (QED) is 0.845. The third-order valence-electron chi connectivity index (χ3n) is 5.31. The molecule has 1 saturated carbocycles. The van der Waals surface area contributed by atoms with Crippen LogP contribution in [0.2, 0.25) is 0 Å². The SMILES string of the molecule is COC1CC(CC(=O)O)N(C(=O)C(C)(C)C2CCCC2)C1. The second-order valence-corrected chi connectivity index (χ2v) is 7.01. The molecular weight excluding hydrogens is 270 g/mol. The number of carbonyl (C=O) groups is 2. The molecule has 1 amide bonds. The normalized spacial score (nSPS) is 27.3. The number of methoxy groups -OCH3 is 1. The van der Waals surface area contributed by atoms with Gasteiger partial charge in [0.15, 0.2) is 0 Å². The fraction of sp³-hybridized carbons (Fsp3) is 0.875. The smallest absolute Gasteiger partial charge is 0.305 e. The van der Waals surface area contributed by atoms with Crippen molar-refractivity contribution in [1.82, 2.24) is 4.90 Å². The number of rotatable bonds is 5. The molecule has 5 heteroatoms. The van der Waals surface area contributed by atoms with Gasteiger partial charge in [0.25, 0.3) is 0 Å². The molecule has 1 aliphatic carbocycles. The number of carboxylic acids is 1. The Morgan fingerprint density at radius 2 is 1.90 bits per heavy atom. The first-order valence-electron chi connectivity index (χ1n) is 7.92. The number of carboxylic acid groups (broad SMARTS) is 1. The van der Waals surface area contributed by atoms with Crippen LogP contribution in [0.5, 0.6) is 0 Å². The Bertz CT molecular complexity index is 401. The molecule has 1 aliphatic heterocycles. The highest BCUT2D eigenvalue weighted by Crippen LogP contribution is 2.42. The molecule has 2 fully saturated rings. The van der Waals surface area contributed by atoms with Crippen molar-refractivity contribution >= 4 is 11.9 Å². The van der Waals surface area contributed by atoms with Gasteiger partial charge >= 0.3 is 5.97 Å². The van der Waals surface area contributed by atoms with Crippen molar-refractivity contribution in [3.05, 3.63) is 0 Å². The van der Waals surface area contributed by atoms with Gasteiger partial charge in [0.05, 0.1) is 12.5 Å². The van der Waals surface area contributed by atoms with Crippen LogP contribution >= 0.6 is 0 Å². The van der Waals surface area contributed by atoms with Crippen molar-refractivity contribution in [3.63, 3.8) is 0 Å². The van der Waals surface area contributed by atoms with Gasteiger partial charge in [-0.3, -0.25) is 9.59 Å². The lowest BCUT2D eigenvalue weighted by atomic mass is 9.76. The maximum absolute atomic E-state index is 13.0. The summed E-state index contributed by atoms with van der Waals surface area (Å²) in [6.07, 6.45) is 5.18. The molecule has 0 aromatic rings. The van der Waals surface area contributed by atoms with Gasteiger partial charge in [-0.2, -0.15) is 0 Å². The van der Waals surface area contributed by atoms with Crippen LogP contribution in [-0.2, 0) is 14.3 Å². The van der Waals surface area contributed by atoms with E-state index in [9.17, 15) is 9.59 Å². The molecule has 21 heavy (non-hydrogen) atoms. The number of nitrogens with zero attached hydrogens (tertiary/aromatic N) is 1. The molecule has 0 aromatic heterocycles. The lowest BCUT2D eigenvalue weighted by Gasteiger charge is -2.36. The molecule has 2 unspecified atom stereocenters. The Labute approximate surface area is 126 Å². The van der Waals surface area contributed by atoms with E-state index in [1.807, 2.05) is 13.8 Å². The summed E-state index contributed by atoms with van der Waals surface area (Å²) in [5.74, 6) is -0.342. The topological polar surface area (TPSA) is 66.8 Å². The zero-order valence-electron chi connectivity index (χ0n) is 13.3. The van der Waals surface area contributed by atoms with E-state index < -0.39 is 11.4 Å². The van der Waals surface area contributed by atoms with Crippen LogP contribution in [0, 0.1) is 11.3 Å². The Morgan fingerprint density at radius 1 is 1.29 bits per heavy atom. The van der Waals surface area contributed by atoms with Crippen molar-refractivity contribution in [2.75, 3.05) is 13.7 Å². The third kappa shape index (κ3) is 3.39. The Hall–Kier alpha value is -1.10. The van der Waals surface area contributed by atoms with Gasteiger partial charge < -0.3 is 14.7 Å². The highest BCUT2D eigenvalue weighted by atomic mass is 16.5. The number of hydrogen-bond acceptors (Lipinski definition) is 3. The van der Waals surface area contributed by atoms with Crippen molar-refractivity contribution < 1.29 is 19.4 Å². The van der Waals surface area contributed by atoms with E-state index in [2.05, 4.69) is 0 Å². The monoisotopic (exact) mass is 297 g/mol. The van der Waals surface area contributed by atoms with Gasteiger partial charge in [0.1, 0.15) is 0 Å². The lowest BCUT2D eigenvalue weighted by Crippen LogP contribution is -2.47. The standard InChI is InChI=1S/C16H27NO4/c1-16(2,11-6-4-5-7-11)15(20)17-10-13(21-3)8-12(17)9-14(18)19/h11-13H,4-10H2,1-3H3,(H,18,19). The first kappa shape index (κ1) is 16.3. The van der Waals surface area contributed by atoms with Gasteiger partial charge in [0, 0.05) is 25.1 Å². The van der Waals surface area contributed by atoms with Crippen LogP contribution in [-0.4, -0.2) is 47.7 Å². The average molecular weight is 297 g/mol. The number of hydrogen-bond donors (Lipinski definition) is 1. The minimum Gasteiger partial charge on any atom is -0.481 e. The molecule has 1 N–H and O–H groups in total. The van der Waals surface area contributed by atoms with Crippen molar-refractivity contribution in [2.24, 2.45) is 11.3 Å². The first-order valence-corrected chi connectivity index (χ1v) is 7.92. The summed E-state index contributed by atoms with van der Waals surface area (Å²) in [5, 5.41) is 9.07. The number of likely N-dealkylation sites (tertiary alicyclic amines) is 1. The summed E-state index contributed by atoms with van der Waals surface area (Å²) in [4.78, 5) is 25.8. The summed E-state index contributed by atoms with van der Waals surface area (Å²) in [6.45, 7) is 4.55. The summed E-state index contributed by atoms with van der Waals surface area (Å²) < 4.78 is 5.35. The molecule has 0 spiro atoms. The van der Waals surface area contributed by atoms with Crippen LogP contribution in [0.1, 0.15) is 52.4 Å². The van der Waals surface area contributed by atoms with Crippen molar-refractivity contribution in [2.45, 2.75) is 64.5 Å². The second kappa shape index (κ2) is 6.34. The highest BCUT2D eigenvalue weighted by Gasteiger charge is 2.45. The van der Waals surface area contributed by atoms with E-state index in [0.29, 0.717) is 18.9 Å². The summed E-state index contributed by atoms with van der Waals surface area (Å²) in [5.41, 5.74) is -0.407. The number of carbonyl (C=O) groups excluding carboxylic acids is 1. The number of ether oxygens (including phenoxy) is 1. The number of aliphatic carboxylic acids is 1. The Kier molecular flexibility index (Phi) is 4.91. The molecule has 5 nitrogen and oxygen atoms in total. The maximum atomic E-state index is 13.0. The third-order valence-corrected chi connectivity index (χ3v) is 5.31. The predicted molar refractivity (Wildman–Crippen MR) is 78.9 cm³/mol. The summed E-state index contributed by atoms with van der Waals surface area (Å²) in [6, 6.07) is -0.236. The first-order chi connectivity index (χ1) is 9.86. The molecule has 1 saturated heterocycles. The minimum absolute atomic E-state index is 0.00630. The molecule has 1 heterocycles. The zero-order chi connectivity index (χ0) is 15.6. The fourth-order valence-electron chi connectivity index (χ4n) is 3.88. The second-order valence-electron chi connectivity index (χ2n) is 7.01. The average Bonchev–Trinajstić information content (AvgIpc) is 3.06. The van der Waals surface area contributed by atoms with Gasteiger partial charge in [-0.1, -0.05) is 26.7 Å².